The van der Waals surface area contributed by atoms with Gasteiger partial charge in [-0.15, -0.1) is 0 Å². The van der Waals surface area contributed by atoms with Crippen molar-refractivity contribution >= 4 is 6.03 Å². The van der Waals surface area contributed by atoms with Crippen molar-refractivity contribution in [2.75, 3.05) is 19.7 Å². The number of hydrogen-bond donors (Lipinski definition) is 2. The second-order valence-corrected chi connectivity index (χ2v) is 6.00. The van der Waals surface area contributed by atoms with E-state index in [-0.39, 0.29) is 18.7 Å². The molecule has 3 atom stereocenters. The maximum Gasteiger partial charge on any atom is 0.317 e. The largest absolute Gasteiger partial charge is 0.394 e. The maximum atomic E-state index is 12.0. The lowest BCUT2D eigenvalue weighted by Gasteiger charge is -2.29. The first kappa shape index (κ1) is 13.7. The topological polar surface area (TPSA) is 52.6 Å². The maximum absolute atomic E-state index is 12.0. The van der Waals surface area contributed by atoms with E-state index < -0.39 is 0 Å². The zero-order chi connectivity index (χ0) is 13.0. The minimum Gasteiger partial charge on any atom is -0.394 e. The Bertz CT molecular complexity index is 283. The quantitative estimate of drug-likeness (QED) is 0.809. The molecular weight excluding hydrogens is 228 g/mol. The molecule has 104 valence electrons. The predicted molar refractivity (Wildman–Crippen MR) is 71.3 cm³/mol. The summed E-state index contributed by atoms with van der Waals surface area (Å²) in [7, 11) is 0. The van der Waals surface area contributed by atoms with Gasteiger partial charge in [-0.25, -0.2) is 4.79 Å². The number of carbonyl (C=O) groups excluding carboxylic acids is 1. The number of hydrogen-bond acceptors (Lipinski definition) is 2. The molecular formula is C14H26N2O2. The van der Waals surface area contributed by atoms with E-state index >= 15 is 0 Å². The Morgan fingerprint density at radius 2 is 2.17 bits per heavy atom. The van der Waals surface area contributed by atoms with Crippen molar-refractivity contribution in [3.63, 3.8) is 0 Å². The van der Waals surface area contributed by atoms with Crippen LogP contribution in [-0.4, -0.2) is 41.8 Å². The van der Waals surface area contributed by atoms with Crippen LogP contribution < -0.4 is 5.32 Å². The molecule has 1 heterocycles. The third kappa shape index (κ3) is 3.37. The number of rotatable bonds is 3. The molecule has 18 heavy (non-hydrogen) atoms. The number of likely N-dealkylation sites (tertiary alicyclic amines) is 1. The molecule has 0 aromatic heterocycles. The molecule has 3 unspecified atom stereocenters. The minimum absolute atomic E-state index is 0.0183. The first-order chi connectivity index (χ1) is 8.70. The highest BCUT2D eigenvalue weighted by molar-refractivity contribution is 5.74. The summed E-state index contributed by atoms with van der Waals surface area (Å²) >= 11 is 0. The molecule has 4 nitrogen and oxygen atoms in total. The Hall–Kier alpha value is -0.770. The summed E-state index contributed by atoms with van der Waals surface area (Å²) in [5.74, 6) is 1.45. The Kier molecular flexibility index (Phi) is 4.87. The van der Waals surface area contributed by atoms with Crippen molar-refractivity contribution in [1.82, 2.24) is 10.2 Å². The molecule has 1 aliphatic carbocycles. The van der Waals surface area contributed by atoms with E-state index in [1.54, 1.807) is 4.90 Å². The number of amides is 2. The van der Waals surface area contributed by atoms with Crippen molar-refractivity contribution in [1.29, 1.82) is 0 Å². The van der Waals surface area contributed by atoms with Gasteiger partial charge in [-0.1, -0.05) is 19.8 Å². The summed E-state index contributed by atoms with van der Waals surface area (Å²) in [4.78, 5) is 13.8. The van der Waals surface area contributed by atoms with E-state index in [2.05, 4.69) is 12.2 Å². The highest BCUT2D eigenvalue weighted by atomic mass is 16.3. The van der Waals surface area contributed by atoms with Crippen LogP contribution in [0.3, 0.4) is 0 Å². The summed E-state index contributed by atoms with van der Waals surface area (Å²) in [5, 5.41) is 12.3. The highest BCUT2D eigenvalue weighted by Gasteiger charge is 2.28. The Balaban J connectivity index is 1.74. The third-order valence-electron chi connectivity index (χ3n) is 4.44. The van der Waals surface area contributed by atoms with Crippen LogP contribution in [0, 0.1) is 11.8 Å². The predicted octanol–water partition coefficient (Wildman–Crippen LogP) is 1.98. The van der Waals surface area contributed by atoms with E-state index in [1.165, 1.54) is 25.7 Å². The molecule has 2 rings (SSSR count). The second-order valence-electron chi connectivity index (χ2n) is 6.00. The lowest BCUT2D eigenvalue weighted by Crippen LogP contribution is -2.45. The molecule has 1 saturated heterocycles. The smallest absolute Gasteiger partial charge is 0.317 e. The monoisotopic (exact) mass is 254 g/mol. The fraction of sp³-hybridized carbons (Fsp3) is 0.929. The third-order valence-corrected chi connectivity index (χ3v) is 4.44. The molecule has 1 saturated carbocycles. The number of aliphatic hydroxyl groups excluding tert-OH is 1. The van der Waals surface area contributed by atoms with Crippen LogP contribution in [0.25, 0.3) is 0 Å². The van der Waals surface area contributed by atoms with Gasteiger partial charge >= 0.3 is 6.03 Å². The molecule has 2 N–H and O–H groups in total. The molecule has 0 bridgehead atoms. The van der Waals surface area contributed by atoms with Gasteiger partial charge in [-0.2, -0.15) is 0 Å². The molecule has 1 aliphatic heterocycles. The van der Waals surface area contributed by atoms with E-state index in [1.807, 2.05) is 0 Å². The normalized spacial score (nSPS) is 32.6. The summed E-state index contributed by atoms with van der Waals surface area (Å²) < 4.78 is 0. The fourth-order valence-corrected chi connectivity index (χ4v) is 3.37. The molecule has 2 aliphatic rings. The van der Waals surface area contributed by atoms with Crippen LogP contribution in [0.4, 0.5) is 4.79 Å². The molecule has 2 fully saturated rings. The van der Waals surface area contributed by atoms with Gasteiger partial charge in [-0.05, 0) is 37.5 Å². The molecule has 0 aromatic rings. The summed E-state index contributed by atoms with van der Waals surface area (Å²) in [6.07, 6.45) is 7.06. The SMILES string of the molecule is CC1CCCC(CNC(=O)N2CCCC2CO)C1. The molecule has 2 amide bonds. The fourth-order valence-electron chi connectivity index (χ4n) is 3.37. The van der Waals surface area contributed by atoms with Crippen molar-refractivity contribution in [2.45, 2.75) is 51.5 Å². The van der Waals surface area contributed by atoms with Crippen molar-refractivity contribution < 1.29 is 9.90 Å². The lowest BCUT2D eigenvalue weighted by molar-refractivity contribution is 0.154. The van der Waals surface area contributed by atoms with Crippen LogP contribution in [0.15, 0.2) is 0 Å². The average Bonchev–Trinajstić information content (AvgIpc) is 2.84. The van der Waals surface area contributed by atoms with Crippen LogP contribution >= 0.6 is 0 Å². The van der Waals surface area contributed by atoms with Gasteiger partial charge in [0.2, 0.25) is 0 Å². The van der Waals surface area contributed by atoms with Crippen molar-refractivity contribution in [2.24, 2.45) is 11.8 Å². The van der Waals surface area contributed by atoms with Gasteiger partial charge in [0.15, 0.2) is 0 Å². The number of carbonyl (C=O) groups is 1. The Morgan fingerprint density at radius 1 is 1.33 bits per heavy atom. The summed E-state index contributed by atoms with van der Waals surface area (Å²) in [5.41, 5.74) is 0. The summed E-state index contributed by atoms with van der Waals surface area (Å²) in [6.45, 7) is 3.99. The average molecular weight is 254 g/mol. The summed E-state index contributed by atoms with van der Waals surface area (Å²) in [6, 6.07) is 0.0556. The lowest BCUT2D eigenvalue weighted by atomic mass is 9.82. The Labute approximate surface area is 110 Å². The molecule has 0 spiro atoms. The van der Waals surface area contributed by atoms with Crippen LogP contribution in [0.1, 0.15) is 45.4 Å². The Morgan fingerprint density at radius 3 is 2.89 bits per heavy atom. The second kappa shape index (κ2) is 6.41. The van der Waals surface area contributed by atoms with E-state index in [0.29, 0.717) is 5.92 Å². The number of nitrogens with zero attached hydrogens (tertiary/aromatic N) is 1. The zero-order valence-electron chi connectivity index (χ0n) is 11.4. The van der Waals surface area contributed by atoms with Gasteiger partial charge < -0.3 is 15.3 Å². The van der Waals surface area contributed by atoms with Crippen molar-refractivity contribution in [3.8, 4) is 0 Å². The first-order valence-electron chi connectivity index (χ1n) is 7.36. The van der Waals surface area contributed by atoms with E-state index in [4.69, 9.17) is 0 Å². The van der Waals surface area contributed by atoms with Crippen LogP contribution in [0.2, 0.25) is 0 Å². The molecule has 4 heteroatoms. The van der Waals surface area contributed by atoms with E-state index in [9.17, 15) is 9.90 Å². The number of nitrogens with one attached hydrogen (secondary N) is 1. The van der Waals surface area contributed by atoms with Gasteiger partial charge in [0, 0.05) is 13.1 Å². The van der Waals surface area contributed by atoms with Gasteiger partial charge in [-0.3, -0.25) is 0 Å². The molecule has 0 radical (unpaired) electrons. The van der Waals surface area contributed by atoms with Crippen molar-refractivity contribution in [3.05, 3.63) is 0 Å². The van der Waals surface area contributed by atoms with E-state index in [0.717, 1.165) is 31.8 Å². The zero-order valence-corrected chi connectivity index (χ0v) is 11.4. The first-order valence-corrected chi connectivity index (χ1v) is 7.36. The number of urea groups is 1. The van der Waals surface area contributed by atoms with Crippen LogP contribution in [-0.2, 0) is 0 Å². The van der Waals surface area contributed by atoms with Gasteiger partial charge in [0.05, 0.1) is 12.6 Å². The standard InChI is InChI=1S/C14H26N2O2/c1-11-4-2-5-12(8-11)9-15-14(18)16-7-3-6-13(16)10-17/h11-13,17H,2-10H2,1H3,(H,15,18). The molecule has 0 aromatic carbocycles. The minimum atomic E-state index is 0.0183. The van der Waals surface area contributed by atoms with Gasteiger partial charge in [0.25, 0.3) is 0 Å². The highest BCUT2D eigenvalue weighted by Crippen LogP contribution is 2.28. The van der Waals surface area contributed by atoms with Gasteiger partial charge in [0.1, 0.15) is 0 Å². The van der Waals surface area contributed by atoms with Crippen LogP contribution in [0.5, 0.6) is 0 Å². The number of aliphatic hydroxyl groups is 1.